The summed E-state index contributed by atoms with van der Waals surface area (Å²) in [5.41, 5.74) is 1.04. The van der Waals surface area contributed by atoms with Crippen molar-refractivity contribution in [1.82, 2.24) is 15.0 Å². The van der Waals surface area contributed by atoms with Gasteiger partial charge in [-0.1, -0.05) is 17.3 Å². The number of carbonyl (C=O) groups is 1. The van der Waals surface area contributed by atoms with E-state index in [1.54, 1.807) is 19.1 Å². The summed E-state index contributed by atoms with van der Waals surface area (Å²) in [6, 6.07) is 7.72. The molecule has 0 atom stereocenters. The number of methoxy groups -OCH3 is 1. The second-order valence-corrected chi connectivity index (χ2v) is 5.92. The number of aryl methyl sites for hydroxylation is 1. The molecule has 1 aliphatic rings. The summed E-state index contributed by atoms with van der Waals surface area (Å²) >= 11 is 0. The van der Waals surface area contributed by atoms with Crippen molar-refractivity contribution >= 4 is 5.91 Å². The van der Waals surface area contributed by atoms with Crippen LogP contribution in [-0.4, -0.2) is 35.1 Å². The molecule has 1 aliphatic carbocycles. The number of amides is 1. The molecule has 1 saturated carbocycles. The van der Waals surface area contributed by atoms with Gasteiger partial charge in [-0.05, 0) is 30.5 Å². The summed E-state index contributed by atoms with van der Waals surface area (Å²) < 4.78 is 10.4. The maximum atomic E-state index is 12.2. The molecular weight excluding hydrogens is 294 g/mol. The van der Waals surface area contributed by atoms with Gasteiger partial charge in [-0.2, -0.15) is 4.98 Å². The van der Waals surface area contributed by atoms with E-state index in [1.807, 2.05) is 24.3 Å². The molecule has 0 aliphatic heterocycles. The van der Waals surface area contributed by atoms with E-state index in [1.165, 1.54) is 0 Å². The fourth-order valence-electron chi connectivity index (χ4n) is 2.41. The van der Waals surface area contributed by atoms with Crippen LogP contribution < -0.4 is 4.74 Å². The molecule has 1 amide bonds. The Morgan fingerprint density at radius 1 is 1.43 bits per heavy atom. The second-order valence-electron chi connectivity index (χ2n) is 5.92. The van der Waals surface area contributed by atoms with Crippen molar-refractivity contribution in [3.8, 4) is 5.75 Å². The van der Waals surface area contributed by atoms with E-state index in [4.69, 9.17) is 9.26 Å². The smallest absolute Gasteiger partial charge is 0.227 e. The number of benzene rings is 1. The van der Waals surface area contributed by atoms with E-state index in [0.717, 1.165) is 30.0 Å². The quantitative estimate of drug-likeness (QED) is 0.785. The lowest BCUT2D eigenvalue weighted by atomic mass is 10.2. The van der Waals surface area contributed by atoms with Crippen LogP contribution in [0.3, 0.4) is 0 Å². The van der Waals surface area contributed by atoms with Gasteiger partial charge in [0.25, 0.3) is 0 Å². The average molecular weight is 315 g/mol. The Bertz CT molecular complexity index is 679. The number of nitrogens with zero attached hydrogens (tertiary/aromatic N) is 3. The van der Waals surface area contributed by atoms with Gasteiger partial charge in [-0.15, -0.1) is 0 Å². The maximum Gasteiger partial charge on any atom is 0.227 e. The molecule has 0 spiro atoms. The molecule has 1 aromatic carbocycles. The first-order valence-corrected chi connectivity index (χ1v) is 7.85. The van der Waals surface area contributed by atoms with Crippen molar-refractivity contribution in [2.75, 3.05) is 14.2 Å². The molecule has 0 bridgehead atoms. The monoisotopic (exact) mass is 315 g/mol. The Balaban J connectivity index is 1.50. The number of ether oxygens (including phenoxy) is 1. The van der Waals surface area contributed by atoms with Gasteiger partial charge in [0, 0.05) is 32.4 Å². The number of rotatable bonds is 7. The van der Waals surface area contributed by atoms with Crippen LogP contribution >= 0.6 is 0 Å². The molecule has 122 valence electrons. The third-order valence-corrected chi connectivity index (χ3v) is 3.96. The summed E-state index contributed by atoms with van der Waals surface area (Å²) in [6.07, 6.45) is 3.14. The first kappa shape index (κ1) is 15.5. The molecular formula is C17H21N3O3. The van der Waals surface area contributed by atoms with Crippen LogP contribution in [-0.2, 0) is 17.8 Å². The van der Waals surface area contributed by atoms with Crippen LogP contribution in [0.5, 0.6) is 5.75 Å². The van der Waals surface area contributed by atoms with Crippen molar-refractivity contribution in [3.05, 3.63) is 41.5 Å². The third-order valence-electron chi connectivity index (χ3n) is 3.96. The highest BCUT2D eigenvalue weighted by molar-refractivity contribution is 5.76. The molecule has 6 nitrogen and oxygen atoms in total. The Hall–Kier alpha value is -2.37. The van der Waals surface area contributed by atoms with Gasteiger partial charge in [0.1, 0.15) is 5.75 Å². The maximum absolute atomic E-state index is 12.2. The van der Waals surface area contributed by atoms with Crippen LogP contribution in [0, 0.1) is 0 Å². The molecule has 1 aromatic heterocycles. The minimum atomic E-state index is 0.0546. The molecule has 1 fully saturated rings. The number of aromatic nitrogens is 2. The van der Waals surface area contributed by atoms with Gasteiger partial charge in [0.2, 0.25) is 11.8 Å². The lowest BCUT2D eigenvalue weighted by molar-refractivity contribution is -0.130. The Morgan fingerprint density at radius 3 is 3.00 bits per heavy atom. The molecule has 6 heteroatoms. The molecule has 0 radical (unpaired) electrons. The lowest BCUT2D eigenvalue weighted by Gasteiger charge is -2.17. The molecule has 2 aromatic rings. The SMILES string of the molecule is COc1cccc(CN(C)C(=O)CCc2nc(C3CC3)no2)c1. The Labute approximate surface area is 135 Å². The van der Waals surface area contributed by atoms with Gasteiger partial charge in [0.15, 0.2) is 5.82 Å². The summed E-state index contributed by atoms with van der Waals surface area (Å²) in [5, 5.41) is 3.96. The Morgan fingerprint density at radius 2 is 2.26 bits per heavy atom. The summed E-state index contributed by atoms with van der Waals surface area (Å²) in [6.45, 7) is 0.549. The molecule has 23 heavy (non-hydrogen) atoms. The van der Waals surface area contributed by atoms with Gasteiger partial charge < -0.3 is 14.2 Å². The zero-order chi connectivity index (χ0) is 16.2. The summed E-state index contributed by atoms with van der Waals surface area (Å²) in [5.74, 6) is 2.66. The van der Waals surface area contributed by atoms with Crippen LogP contribution in [0.2, 0.25) is 0 Å². The van der Waals surface area contributed by atoms with Crippen molar-refractivity contribution in [1.29, 1.82) is 0 Å². The third kappa shape index (κ3) is 4.09. The second kappa shape index (κ2) is 6.81. The fourth-order valence-corrected chi connectivity index (χ4v) is 2.41. The van der Waals surface area contributed by atoms with Crippen molar-refractivity contribution < 1.29 is 14.1 Å². The van der Waals surface area contributed by atoms with Gasteiger partial charge >= 0.3 is 0 Å². The molecule has 3 rings (SSSR count). The summed E-state index contributed by atoms with van der Waals surface area (Å²) in [4.78, 5) is 18.3. The van der Waals surface area contributed by atoms with E-state index < -0.39 is 0 Å². The van der Waals surface area contributed by atoms with E-state index in [9.17, 15) is 4.79 Å². The van der Waals surface area contributed by atoms with E-state index in [-0.39, 0.29) is 5.91 Å². The van der Waals surface area contributed by atoms with Crippen LogP contribution in [0.1, 0.15) is 42.5 Å². The highest BCUT2D eigenvalue weighted by Crippen LogP contribution is 2.38. The fraction of sp³-hybridized carbons (Fsp3) is 0.471. The number of carbonyl (C=O) groups excluding carboxylic acids is 1. The molecule has 0 saturated heterocycles. The first-order chi connectivity index (χ1) is 11.2. The van der Waals surface area contributed by atoms with E-state index >= 15 is 0 Å². The van der Waals surface area contributed by atoms with Crippen LogP contribution in [0.4, 0.5) is 0 Å². The normalized spacial score (nSPS) is 13.8. The van der Waals surface area contributed by atoms with Crippen LogP contribution in [0.25, 0.3) is 0 Å². The standard InChI is InChI=1S/C17H21N3O3/c1-20(11-12-4-3-5-14(10-12)22-2)16(21)9-8-15-18-17(19-23-15)13-6-7-13/h3-5,10,13H,6-9,11H2,1-2H3. The van der Waals surface area contributed by atoms with E-state index in [2.05, 4.69) is 10.1 Å². The van der Waals surface area contributed by atoms with Crippen LogP contribution in [0.15, 0.2) is 28.8 Å². The predicted molar refractivity (Wildman–Crippen MR) is 84.1 cm³/mol. The zero-order valence-corrected chi connectivity index (χ0v) is 13.5. The highest BCUT2D eigenvalue weighted by atomic mass is 16.5. The predicted octanol–water partition coefficient (Wildman–Crippen LogP) is 2.55. The number of hydrogen-bond donors (Lipinski definition) is 0. The van der Waals surface area contributed by atoms with Gasteiger partial charge in [-0.25, -0.2) is 0 Å². The number of hydrogen-bond acceptors (Lipinski definition) is 5. The molecule has 0 unspecified atom stereocenters. The topological polar surface area (TPSA) is 68.5 Å². The highest BCUT2D eigenvalue weighted by Gasteiger charge is 2.28. The minimum Gasteiger partial charge on any atom is -0.497 e. The average Bonchev–Trinajstić information content (AvgIpc) is 3.31. The lowest BCUT2D eigenvalue weighted by Crippen LogP contribution is -2.26. The van der Waals surface area contributed by atoms with Crippen molar-refractivity contribution in [2.24, 2.45) is 0 Å². The Kier molecular flexibility index (Phi) is 4.60. The van der Waals surface area contributed by atoms with E-state index in [0.29, 0.717) is 31.2 Å². The molecule has 0 N–H and O–H groups in total. The summed E-state index contributed by atoms with van der Waals surface area (Å²) in [7, 11) is 3.43. The zero-order valence-electron chi connectivity index (χ0n) is 13.5. The first-order valence-electron chi connectivity index (χ1n) is 7.85. The van der Waals surface area contributed by atoms with Crippen molar-refractivity contribution in [2.45, 2.75) is 38.1 Å². The minimum absolute atomic E-state index is 0.0546. The van der Waals surface area contributed by atoms with Crippen molar-refractivity contribution in [3.63, 3.8) is 0 Å². The van der Waals surface area contributed by atoms with Gasteiger partial charge in [0.05, 0.1) is 7.11 Å². The molecule has 1 heterocycles. The van der Waals surface area contributed by atoms with Gasteiger partial charge in [-0.3, -0.25) is 4.79 Å². The largest absolute Gasteiger partial charge is 0.497 e.